The van der Waals surface area contributed by atoms with Gasteiger partial charge in [-0.25, -0.2) is 0 Å². The van der Waals surface area contributed by atoms with Crippen molar-refractivity contribution >= 4 is 16.6 Å². The van der Waals surface area contributed by atoms with Crippen LogP contribution in [0.25, 0.3) is 10.9 Å². The molecule has 0 aliphatic carbocycles. The Balaban J connectivity index is 2.06. The molecule has 19 heavy (non-hydrogen) atoms. The van der Waals surface area contributed by atoms with Crippen molar-refractivity contribution in [1.29, 1.82) is 0 Å². The van der Waals surface area contributed by atoms with Crippen LogP contribution in [0.1, 0.15) is 12.1 Å². The molecule has 1 aliphatic heterocycles. The highest BCUT2D eigenvalue weighted by Gasteiger charge is 2.23. The molecule has 0 amide bonds. The molecule has 1 saturated heterocycles. The molecule has 0 spiro atoms. The van der Waals surface area contributed by atoms with Gasteiger partial charge in [-0.1, -0.05) is 18.2 Å². The Morgan fingerprint density at radius 1 is 1.26 bits per heavy atom. The Labute approximate surface area is 112 Å². The third-order valence-electron chi connectivity index (χ3n) is 3.79. The van der Waals surface area contributed by atoms with Gasteiger partial charge in [0, 0.05) is 36.7 Å². The van der Waals surface area contributed by atoms with E-state index in [0.29, 0.717) is 11.6 Å². The summed E-state index contributed by atoms with van der Waals surface area (Å²) in [7, 11) is 0. The van der Waals surface area contributed by atoms with Gasteiger partial charge in [0.25, 0.3) is 0 Å². The number of pyridine rings is 1. The molecule has 4 heteroatoms. The van der Waals surface area contributed by atoms with Crippen LogP contribution in [0, 0.1) is 5.92 Å². The molecule has 2 aromatic rings. The first-order valence-corrected chi connectivity index (χ1v) is 6.67. The molecular formula is C15H18N2O2. The molecule has 2 heterocycles. The van der Waals surface area contributed by atoms with Gasteiger partial charge in [0.15, 0.2) is 0 Å². The second kappa shape index (κ2) is 5.15. The summed E-state index contributed by atoms with van der Waals surface area (Å²) >= 11 is 0. The summed E-state index contributed by atoms with van der Waals surface area (Å²) in [6, 6.07) is 9.96. The number of nitrogens with zero attached hydrogens (tertiary/aromatic N) is 2. The van der Waals surface area contributed by atoms with Crippen LogP contribution >= 0.6 is 0 Å². The second-order valence-electron chi connectivity index (χ2n) is 5.09. The second-order valence-corrected chi connectivity index (χ2v) is 5.09. The van der Waals surface area contributed by atoms with Crippen LogP contribution in [-0.2, 0) is 6.61 Å². The van der Waals surface area contributed by atoms with Gasteiger partial charge in [-0.05, 0) is 18.6 Å². The number of aromatic nitrogens is 1. The number of hydrogen-bond acceptors (Lipinski definition) is 4. The van der Waals surface area contributed by atoms with Crippen LogP contribution in [0.3, 0.4) is 0 Å². The molecule has 100 valence electrons. The first kappa shape index (κ1) is 12.4. The van der Waals surface area contributed by atoms with Crippen molar-refractivity contribution in [2.45, 2.75) is 13.0 Å². The van der Waals surface area contributed by atoms with Crippen molar-refractivity contribution in [3.63, 3.8) is 0 Å². The summed E-state index contributed by atoms with van der Waals surface area (Å²) in [5, 5.41) is 19.7. The van der Waals surface area contributed by atoms with E-state index >= 15 is 0 Å². The molecular weight excluding hydrogens is 240 g/mol. The van der Waals surface area contributed by atoms with Gasteiger partial charge in [-0.15, -0.1) is 0 Å². The first-order valence-electron chi connectivity index (χ1n) is 6.67. The molecule has 0 bridgehead atoms. The molecule has 4 nitrogen and oxygen atoms in total. The molecule has 1 atom stereocenters. The predicted molar refractivity (Wildman–Crippen MR) is 75.1 cm³/mol. The lowest BCUT2D eigenvalue weighted by Crippen LogP contribution is -2.21. The summed E-state index contributed by atoms with van der Waals surface area (Å²) in [5.41, 5.74) is 2.73. The minimum Gasteiger partial charge on any atom is -0.396 e. The number of aliphatic hydroxyl groups is 2. The van der Waals surface area contributed by atoms with Gasteiger partial charge >= 0.3 is 0 Å². The number of benzene rings is 1. The maximum absolute atomic E-state index is 9.34. The molecule has 1 unspecified atom stereocenters. The molecule has 2 N–H and O–H groups in total. The lowest BCUT2D eigenvalue weighted by molar-refractivity contribution is 0.238. The van der Waals surface area contributed by atoms with Crippen molar-refractivity contribution < 1.29 is 10.2 Å². The van der Waals surface area contributed by atoms with E-state index in [4.69, 9.17) is 0 Å². The molecule has 0 saturated carbocycles. The average molecular weight is 258 g/mol. The lowest BCUT2D eigenvalue weighted by atomic mass is 10.1. The number of fused-ring (bicyclic) bond motifs is 1. The van der Waals surface area contributed by atoms with Gasteiger partial charge in [-0.3, -0.25) is 4.98 Å². The lowest BCUT2D eigenvalue weighted by Gasteiger charge is -2.21. The van der Waals surface area contributed by atoms with Gasteiger partial charge < -0.3 is 15.1 Å². The zero-order valence-electron chi connectivity index (χ0n) is 10.8. The fourth-order valence-corrected chi connectivity index (χ4v) is 2.75. The number of rotatable bonds is 3. The highest BCUT2D eigenvalue weighted by Crippen LogP contribution is 2.30. The molecule has 1 aliphatic rings. The highest BCUT2D eigenvalue weighted by molar-refractivity contribution is 5.92. The van der Waals surface area contributed by atoms with Crippen molar-refractivity contribution in [1.82, 2.24) is 4.98 Å². The van der Waals surface area contributed by atoms with E-state index in [-0.39, 0.29) is 13.2 Å². The normalized spacial score (nSPS) is 19.3. The van der Waals surface area contributed by atoms with E-state index < -0.39 is 0 Å². The molecule has 1 aromatic carbocycles. The van der Waals surface area contributed by atoms with E-state index in [1.54, 1.807) is 0 Å². The van der Waals surface area contributed by atoms with Crippen LogP contribution in [0.4, 0.5) is 5.69 Å². The fourth-order valence-electron chi connectivity index (χ4n) is 2.75. The zero-order chi connectivity index (χ0) is 13.2. The highest BCUT2D eigenvalue weighted by atomic mass is 16.3. The van der Waals surface area contributed by atoms with Crippen LogP contribution in [0.2, 0.25) is 0 Å². The Morgan fingerprint density at radius 2 is 2.11 bits per heavy atom. The van der Waals surface area contributed by atoms with Gasteiger partial charge in [0.2, 0.25) is 0 Å². The molecule has 1 fully saturated rings. The third-order valence-corrected chi connectivity index (χ3v) is 3.79. The minimum atomic E-state index is -0.0465. The van der Waals surface area contributed by atoms with Crippen molar-refractivity contribution in [2.75, 3.05) is 24.6 Å². The largest absolute Gasteiger partial charge is 0.396 e. The smallest absolute Gasteiger partial charge is 0.0854 e. The third kappa shape index (κ3) is 2.29. The SMILES string of the molecule is OCc1cc(N2CCC(CO)C2)c2ccccc2n1. The van der Waals surface area contributed by atoms with Gasteiger partial charge in [-0.2, -0.15) is 0 Å². The number of hydrogen-bond donors (Lipinski definition) is 2. The van der Waals surface area contributed by atoms with Crippen molar-refractivity contribution in [3.05, 3.63) is 36.0 Å². The Morgan fingerprint density at radius 3 is 2.84 bits per heavy atom. The van der Waals surface area contributed by atoms with Gasteiger partial charge in [0.1, 0.15) is 0 Å². The van der Waals surface area contributed by atoms with Crippen molar-refractivity contribution in [3.8, 4) is 0 Å². The zero-order valence-corrected chi connectivity index (χ0v) is 10.8. The summed E-state index contributed by atoms with van der Waals surface area (Å²) in [6.45, 7) is 2.01. The Hall–Kier alpha value is -1.65. The predicted octanol–water partition coefficient (Wildman–Crippen LogP) is 1.55. The quantitative estimate of drug-likeness (QED) is 0.877. The number of aliphatic hydroxyl groups excluding tert-OH is 2. The summed E-state index contributed by atoms with van der Waals surface area (Å²) < 4.78 is 0. The summed E-state index contributed by atoms with van der Waals surface area (Å²) in [5.74, 6) is 0.351. The Kier molecular flexibility index (Phi) is 3.36. The molecule has 1 aromatic heterocycles. The summed E-state index contributed by atoms with van der Waals surface area (Å²) in [4.78, 5) is 6.72. The monoisotopic (exact) mass is 258 g/mol. The summed E-state index contributed by atoms with van der Waals surface area (Å²) in [6.07, 6.45) is 1.02. The van der Waals surface area contributed by atoms with E-state index in [2.05, 4.69) is 16.0 Å². The van der Waals surface area contributed by atoms with Crippen LogP contribution in [-0.4, -0.2) is 34.9 Å². The Bertz CT molecular complexity index is 585. The molecule has 0 radical (unpaired) electrons. The van der Waals surface area contributed by atoms with Gasteiger partial charge in [0.05, 0.1) is 17.8 Å². The van der Waals surface area contributed by atoms with Crippen LogP contribution in [0.15, 0.2) is 30.3 Å². The van der Waals surface area contributed by atoms with Crippen molar-refractivity contribution in [2.24, 2.45) is 5.92 Å². The maximum Gasteiger partial charge on any atom is 0.0854 e. The minimum absolute atomic E-state index is 0.0465. The fraction of sp³-hybridized carbons (Fsp3) is 0.400. The van der Waals surface area contributed by atoms with E-state index in [1.165, 1.54) is 0 Å². The molecule has 3 rings (SSSR count). The maximum atomic E-state index is 9.34. The van der Waals surface area contributed by atoms with E-state index in [9.17, 15) is 10.2 Å². The number of para-hydroxylation sites is 1. The standard InChI is InChI=1S/C15H18N2O2/c18-9-11-5-6-17(8-11)15-7-12(10-19)16-14-4-2-1-3-13(14)15/h1-4,7,11,18-19H,5-6,8-10H2. The topological polar surface area (TPSA) is 56.6 Å². The first-order chi connectivity index (χ1) is 9.31. The average Bonchev–Trinajstić information content (AvgIpc) is 2.94. The van der Waals surface area contributed by atoms with E-state index in [1.807, 2.05) is 24.3 Å². The van der Waals surface area contributed by atoms with Crippen LogP contribution < -0.4 is 4.90 Å². The number of anilines is 1. The van der Waals surface area contributed by atoms with Crippen LogP contribution in [0.5, 0.6) is 0 Å². The van der Waals surface area contributed by atoms with E-state index in [0.717, 1.165) is 36.1 Å².